The number of carbonyl (C=O) groups is 1. The van der Waals surface area contributed by atoms with Crippen LogP contribution in [-0.2, 0) is 4.79 Å². The minimum Gasteiger partial charge on any atom is -0.340 e. The van der Waals surface area contributed by atoms with Gasteiger partial charge in [0.25, 0.3) is 0 Å². The molecule has 1 aliphatic heterocycles. The zero-order chi connectivity index (χ0) is 12.2. The van der Waals surface area contributed by atoms with E-state index in [0.29, 0.717) is 23.8 Å². The van der Waals surface area contributed by atoms with E-state index in [9.17, 15) is 4.79 Å². The molecule has 1 heterocycles. The maximum Gasteiger partial charge on any atom is 0.222 e. The van der Waals surface area contributed by atoms with Crippen LogP contribution in [0.3, 0.4) is 0 Å². The summed E-state index contributed by atoms with van der Waals surface area (Å²) in [6.45, 7) is 11.5. The van der Waals surface area contributed by atoms with Gasteiger partial charge in [0, 0.05) is 32.1 Å². The summed E-state index contributed by atoms with van der Waals surface area (Å²) >= 11 is 0. The molecule has 0 aromatic carbocycles. The Kier molecular flexibility index (Phi) is 4.78. The number of nitrogens with zero attached hydrogens (tertiary/aromatic N) is 1. The lowest BCUT2D eigenvalue weighted by Crippen LogP contribution is -2.51. The summed E-state index contributed by atoms with van der Waals surface area (Å²) in [5.74, 6) is 0.331. The van der Waals surface area contributed by atoms with E-state index in [1.165, 1.54) is 0 Å². The van der Waals surface area contributed by atoms with Gasteiger partial charge in [-0.3, -0.25) is 4.79 Å². The van der Waals surface area contributed by atoms with Crippen LogP contribution in [0.1, 0.15) is 47.0 Å². The Labute approximate surface area is 99.6 Å². The van der Waals surface area contributed by atoms with Crippen LogP contribution in [0.15, 0.2) is 0 Å². The molecule has 94 valence electrons. The summed E-state index contributed by atoms with van der Waals surface area (Å²) in [5.41, 5.74) is 0.344. The van der Waals surface area contributed by atoms with E-state index < -0.39 is 0 Å². The molecule has 1 N–H and O–H groups in total. The Bertz CT molecular complexity index is 233. The molecule has 0 saturated carbocycles. The topological polar surface area (TPSA) is 32.3 Å². The van der Waals surface area contributed by atoms with E-state index in [1.807, 2.05) is 4.90 Å². The first kappa shape index (κ1) is 13.5. The number of carbonyl (C=O) groups excluding carboxylic acids is 1. The third-order valence-electron chi connectivity index (χ3n) is 3.04. The molecule has 3 nitrogen and oxygen atoms in total. The highest BCUT2D eigenvalue weighted by atomic mass is 16.2. The van der Waals surface area contributed by atoms with Crippen LogP contribution in [0.4, 0.5) is 0 Å². The van der Waals surface area contributed by atoms with Crippen LogP contribution in [0.5, 0.6) is 0 Å². The number of piperazine rings is 1. The van der Waals surface area contributed by atoms with E-state index in [-0.39, 0.29) is 0 Å². The molecule has 0 aromatic rings. The third-order valence-corrected chi connectivity index (χ3v) is 3.04. The monoisotopic (exact) mass is 226 g/mol. The normalized spacial score (nSPS) is 22.2. The van der Waals surface area contributed by atoms with E-state index in [2.05, 4.69) is 33.0 Å². The second-order valence-corrected chi connectivity index (χ2v) is 6.11. The first-order valence-corrected chi connectivity index (χ1v) is 6.40. The molecule has 0 spiro atoms. The van der Waals surface area contributed by atoms with E-state index in [0.717, 1.165) is 32.5 Å². The van der Waals surface area contributed by atoms with Crippen molar-refractivity contribution in [1.29, 1.82) is 0 Å². The predicted molar refractivity (Wildman–Crippen MR) is 67.4 cm³/mol. The van der Waals surface area contributed by atoms with Crippen molar-refractivity contribution in [3.05, 3.63) is 0 Å². The predicted octanol–water partition coefficient (Wildman–Crippen LogP) is 2.02. The molecular formula is C13H26N2O. The number of amides is 1. The van der Waals surface area contributed by atoms with E-state index >= 15 is 0 Å². The first-order valence-electron chi connectivity index (χ1n) is 6.40. The van der Waals surface area contributed by atoms with Crippen LogP contribution >= 0.6 is 0 Å². The molecule has 0 radical (unpaired) electrons. The molecule has 1 saturated heterocycles. The summed E-state index contributed by atoms with van der Waals surface area (Å²) in [6, 6.07) is 0.445. The van der Waals surface area contributed by atoms with Crippen molar-refractivity contribution in [3.8, 4) is 0 Å². The van der Waals surface area contributed by atoms with Gasteiger partial charge in [-0.15, -0.1) is 0 Å². The second kappa shape index (κ2) is 5.67. The molecule has 0 aliphatic carbocycles. The van der Waals surface area contributed by atoms with Crippen molar-refractivity contribution in [1.82, 2.24) is 10.2 Å². The minimum absolute atomic E-state index is 0.331. The maximum atomic E-state index is 11.9. The largest absolute Gasteiger partial charge is 0.340 e. The summed E-state index contributed by atoms with van der Waals surface area (Å²) in [6.07, 6.45) is 2.85. The number of rotatable bonds is 3. The van der Waals surface area contributed by atoms with Crippen LogP contribution in [0, 0.1) is 5.41 Å². The smallest absolute Gasteiger partial charge is 0.222 e. The Morgan fingerprint density at radius 2 is 2.12 bits per heavy atom. The van der Waals surface area contributed by atoms with E-state index in [1.54, 1.807) is 0 Å². The molecule has 1 amide bonds. The lowest BCUT2D eigenvalue weighted by atomic mass is 9.90. The fourth-order valence-corrected chi connectivity index (χ4v) is 2.09. The Balaban J connectivity index is 2.24. The third kappa shape index (κ3) is 4.97. The van der Waals surface area contributed by atoms with Gasteiger partial charge < -0.3 is 10.2 Å². The fraction of sp³-hybridized carbons (Fsp3) is 0.923. The van der Waals surface area contributed by atoms with E-state index in [4.69, 9.17) is 0 Å². The van der Waals surface area contributed by atoms with Gasteiger partial charge in [0.05, 0.1) is 0 Å². The van der Waals surface area contributed by atoms with Gasteiger partial charge in [-0.25, -0.2) is 0 Å². The molecule has 1 aliphatic rings. The van der Waals surface area contributed by atoms with Crippen molar-refractivity contribution in [2.45, 2.75) is 53.0 Å². The van der Waals surface area contributed by atoms with Gasteiger partial charge >= 0.3 is 0 Å². The quantitative estimate of drug-likeness (QED) is 0.798. The highest BCUT2D eigenvalue weighted by Gasteiger charge is 2.20. The molecule has 1 fully saturated rings. The SMILES string of the molecule is CC1CN(C(=O)CCCC(C)(C)C)CCN1. The molecule has 16 heavy (non-hydrogen) atoms. The molecular weight excluding hydrogens is 200 g/mol. The molecule has 1 atom stereocenters. The van der Waals surface area contributed by atoms with Gasteiger partial charge in [0.15, 0.2) is 0 Å². The van der Waals surface area contributed by atoms with Crippen LogP contribution < -0.4 is 5.32 Å². The molecule has 3 heteroatoms. The lowest BCUT2D eigenvalue weighted by Gasteiger charge is -2.32. The van der Waals surface area contributed by atoms with Gasteiger partial charge in [0.1, 0.15) is 0 Å². The van der Waals surface area contributed by atoms with Crippen molar-refractivity contribution in [2.24, 2.45) is 5.41 Å². The summed E-state index contributed by atoms with van der Waals surface area (Å²) < 4.78 is 0. The Hall–Kier alpha value is -0.570. The zero-order valence-electron chi connectivity index (χ0n) is 11.2. The molecule has 0 aromatic heterocycles. The first-order chi connectivity index (χ1) is 7.38. The number of nitrogens with one attached hydrogen (secondary N) is 1. The van der Waals surface area contributed by atoms with Gasteiger partial charge in [0.2, 0.25) is 5.91 Å². The number of hydrogen-bond donors (Lipinski definition) is 1. The highest BCUT2D eigenvalue weighted by Crippen LogP contribution is 2.21. The second-order valence-electron chi connectivity index (χ2n) is 6.11. The van der Waals surface area contributed by atoms with Crippen LogP contribution in [0.2, 0.25) is 0 Å². The van der Waals surface area contributed by atoms with Crippen molar-refractivity contribution < 1.29 is 4.79 Å². The highest BCUT2D eigenvalue weighted by molar-refractivity contribution is 5.76. The zero-order valence-corrected chi connectivity index (χ0v) is 11.2. The van der Waals surface area contributed by atoms with Crippen LogP contribution in [-0.4, -0.2) is 36.5 Å². The van der Waals surface area contributed by atoms with Crippen molar-refractivity contribution >= 4 is 5.91 Å². The Morgan fingerprint density at radius 3 is 2.69 bits per heavy atom. The molecule has 1 rings (SSSR count). The summed E-state index contributed by atoms with van der Waals surface area (Å²) in [7, 11) is 0. The van der Waals surface area contributed by atoms with Crippen LogP contribution in [0.25, 0.3) is 0 Å². The summed E-state index contributed by atoms with van der Waals surface area (Å²) in [4.78, 5) is 13.9. The minimum atomic E-state index is 0.331. The summed E-state index contributed by atoms with van der Waals surface area (Å²) in [5, 5.41) is 3.35. The van der Waals surface area contributed by atoms with Gasteiger partial charge in [-0.1, -0.05) is 20.8 Å². The number of hydrogen-bond acceptors (Lipinski definition) is 2. The lowest BCUT2D eigenvalue weighted by molar-refractivity contribution is -0.132. The maximum absolute atomic E-state index is 11.9. The van der Waals surface area contributed by atoms with Crippen molar-refractivity contribution in [3.63, 3.8) is 0 Å². The average molecular weight is 226 g/mol. The standard InChI is InChI=1S/C13H26N2O/c1-11-10-15(9-8-14-11)12(16)6-5-7-13(2,3)4/h11,14H,5-10H2,1-4H3. The molecule has 0 bridgehead atoms. The molecule has 1 unspecified atom stereocenters. The van der Waals surface area contributed by atoms with Gasteiger partial charge in [-0.2, -0.15) is 0 Å². The average Bonchev–Trinajstić information content (AvgIpc) is 2.15. The van der Waals surface area contributed by atoms with Gasteiger partial charge in [-0.05, 0) is 25.2 Å². The fourth-order valence-electron chi connectivity index (χ4n) is 2.09. The van der Waals surface area contributed by atoms with Crippen molar-refractivity contribution in [2.75, 3.05) is 19.6 Å². The Morgan fingerprint density at radius 1 is 1.44 bits per heavy atom.